The molecule has 26 heavy (non-hydrogen) atoms. The normalized spacial score (nSPS) is 11.8. The number of benzene rings is 1. The Morgan fingerprint density at radius 3 is 2.54 bits per heavy atom. The molecule has 1 aromatic carbocycles. The number of aromatic nitrogens is 3. The third-order valence-corrected chi connectivity index (χ3v) is 4.61. The second kappa shape index (κ2) is 6.14. The van der Waals surface area contributed by atoms with Crippen LogP contribution in [0, 0.1) is 6.92 Å². The molecule has 8 heteroatoms. The van der Waals surface area contributed by atoms with Gasteiger partial charge < -0.3 is 4.42 Å². The van der Waals surface area contributed by atoms with Crippen molar-refractivity contribution < 1.29 is 17.6 Å². The minimum Gasteiger partial charge on any atom is -0.463 e. The van der Waals surface area contributed by atoms with Crippen molar-refractivity contribution in [2.45, 2.75) is 13.1 Å². The van der Waals surface area contributed by atoms with Gasteiger partial charge in [0.1, 0.15) is 5.69 Å². The first-order valence-corrected chi connectivity index (χ1v) is 8.54. The lowest BCUT2D eigenvalue weighted by molar-refractivity contribution is -0.141. The molecular formula is C18H12F3N3OS. The summed E-state index contributed by atoms with van der Waals surface area (Å²) in [4.78, 5) is 4.46. The molecule has 4 rings (SSSR count). The zero-order chi connectivity index (χ0) is 18.3. The standard InChI is InChI=1S/C18H12F3N3OS/c1-11-4-6-12(7-5-11)13-10-26-17(22-13)24-14(15-3-2-8-25-15)9-16(23-24)18(19,20)21/h2-10H,1H3. The first kappa shape index (κ1) is 16.6. The third-order valence-electron chi connectivity index (χ3n) is 3.79. The van der Waals surface area contributed by atoms with E-state index in [-0.39, 0.29) is 5.69 Å². The number of rotatable bonds is 3. The monoisotopic (exact) mass is 375 g/mol. The van der Waals surface area contributed by atoms with Crippen molar-refractivity contribution in [2.75, 3.05) is 0 Å². The first-order valence-electron chi connectivity index (χ1n) is 7.66. The summed E-state index contributed by atoms with van der Waals surface area (Å²) in [7, 11) is 0. The van der Waals surface area contributed by atoms with E-state index in [0.717, 1.165) is 17.2 Å². The molecule has 0 saturated heterocycles. The van der Waals surface area contributed by atoms with Gasteiger partial charge in [0, 0.05) is 17.0 Å². The van der Waals surface area contributed by atoms with Crippen molar-refractivity contribution >= 4 is 11.3 Å². The zero-order valence-electron chi connectivity index (χ0n) is 13.5. The Labute approximate surface area is 150 Å². The van der Waals surface area contributed by atoms with E-state index in [1.54, 1.807) is 17.5 Å². The maximum absolute atomic E-state index is 13.1. The molecule has 0 radical (unpaired) electrons. The van der Waals surface area contributed by atoms with Gasteiger partial charge in [-0.15, -0.1) is 11.3 Å². The third kappa shape index (κ3) is 3.03. The van der Waals surface area contributed by atoms with Crippen molar-refractivity contribution in [3.8, 4) is 27.8 Å². The fourth-order valence-electron chi connectivity index (χ4n) is 2.48. The number of nitrogens with zero attached hydrogens (tertiary/aromatic N) is 3. The van der Waals surface area contributed by atoms with Gasteiger partial charge >= 0.3 is 6.18 Å². The minimum absolute atomic E-state index is 0.201. The van der Waals surface area contributed by atoms with Crippen LogP contribution in [0.25, 0.3) is 27.8 Å². The highest BCUT2D eigenvalue weighted by atomic mass is 32.1. The minimum atomic E-state index is -4.55. The molecule has 0 unspecified atom stereocenters. The van der Waals surface area contributed by atoms with Gasteiger partial charge in [0.15, 0.2) is 11.5 Å². The van der Waals surface area contributed by atoms with Gasteiger partial charge in [-0.2, -0.15) is 18.3 Å². The van der Waals surface area contributed by atoms with Crippen LogP contribution in [0.2, 0.25) is 0 Å². The highest BCUT2D eigenvalue weighted by Gasteiger charge is 2.36. The lowest BCUT2D eigenvalue weighted by Gasteiger charge is -2.02. The number of alkyl halides is 3. The van der Waals surface area contributed by atoms with Gasteiger partial charge in [-0.1, -0.05) is 29.8 Å². The zero-order valence-corrected chi connectivity index (χ0v) is 14.3. The number of thiazole rings is 1. The van der Waals surface area contributed by atoms with Gasteiger partial charge in [0.2, 0.25) is 5.13 Å². The predicted molar refractivity (Wildman–Crippen MR) is 92.1 cm³/mol. The lowest BCUT2D eigenvalue weighted by Crippen LogP contribution is -2.07. The largest absolute Gasteiger partial charge is 0.463 e. The SMILES string of the molecule is Cc1ccc(-c2csc(-n3nc(C(F)(F)F)cc3-c3ccco3)n2)cc1. The summed E-state index contributed by atoms with van der Waals surface area (Å²) in [6.45, 7) is 1.98. The number of hydrogen-bond acceptors (Lipinski definition) is 4. The average Bonchev–Trinajstić information content (AvgIpc) is 3.33. The van der Waals surface area contributed by atoms with E-state index in [0.29, 0.717) is 16.6 Å². The fourth-order valence-corrected chi connectivity index (χ4v) is 3.28. The Kier molecular flexibility index (Phi) is 3.91. The number of furan rings is 1. The fraction of sp³-hybridized carbons (Fsp3) is 0.111. The van der Waals surface area contributed by atoms with E-state index in [1.165, 1.54) is 22.3 Å². The summed E-state index contributed by atoms with van der Waals surface area (Å²) in [5.41, 5.74) is 1.90. The Hall–Kier alpha value is -2.87. The highest BCUT2D eigenvalue weighted by Crippen LogP contribution is 2.34. The van der Waals surface area contributed by atoms with Crippen LogP contribution in [-0.4, -0.2) is 14.8 Å². The van der Waals surface area contributed by atoms with E-state index in [9.17, 15) is 13.2 Å². The van der Waals surface area contributed by atoms with Crippen LogP contribution in [0.5, 0.6) is 0 Å². The summed E-state index contributed by atoms with van der Waals surface area (Å²) in [6, 6.07) is 11.9. The van der Waals surface area contributed by atoms with Crippen LogP contribution in [0.15, 0.2) is 58.5 Å². The number of halogens is 3. The molecule has 0 amide bonds. The second-order valence-corrected chi connectivity index (χ2v) is 6.52. The van der Waals surface area contributed by atoms with Crippen molar-refractivity contribution in [1.29, 1.82) is 0 Å². The smallest absolute Gasteiger partial charge is 0.435 e. The molecule has 4 aromatic rings. The Morgan fingerprint density at radius 1 is 1.12 bits per heavy atom. The molecule has 0 saturated carbocycles. The molecule has 0 aliphatic heterocycles. The van der Waals surface area contributed by atoms with Crippen LogP contribution in [0.4, 0.5) is 13.2 Å². The molecule has 3 aromatic heterocycles. The molecule has 3 heterocycles. The molecule has 132 valence electrons. The molecular weight excluding hydrogens is 363 g/mol. The Bertz CT molecular complexity index is 1030. The van der Waals surface area contributed by atoms with Crippen LogP contribution in [0.3, 0.4) is 0 Å². The second-order valence-electron chi connectivity index (χ2n) is 5.68. The summed E-state index contributed by atoms with van der Waals surface area (Å²) < 4.78 is 45.8. The molecule has 0 N–H and O–H groups in total. The summed E-state index contributed by atoms with van der Waals surface area (Å²) in [6.07, 6.45) is -3.15. The van der Waals surface area contributed by atoms with E-state index in [1.807, 2.05) is 31.2 Å². The van der Waals surface area contributed by atoms with E-state index >= 15 is 0 Å². The van der Waals surface area contributed by atoms with Crippen molar-refractivity contribution in [3.63, 3.8) is 0 Å². The van der Waals surface area contributed by atoms with Crippen molar-refractivity contribution in [1.82, 2.24) is 14.8 Å². The summed E-state index contributed by atoms with van der Waals surface area (Å²) in [5.74, 6) is 0.292. The number of hydrogen-bond donors (Lipinski definition) is 0. The first-order chi connectivity index (χ1) is 12.4. The molecule has 0 fully saturated rings. The summed E-state index contributed by atoms with van der Waals surface area (Å²) in [5, 5.41) is 5.84. The van der Waals surface area contributed by atoms with Crippen molar-refractivity contribution in [3.05, 3.63) is 65.4 Å². The Balaban J connectivity index is 1.80. The highest BCUT2D eigenvalue weighted by molar-refractivity contribution is 7.12. The van der Waals surface area contributed by atoms with E-state index in [4.69, 9.17) is 4.42 Å². The van der Waals surface area contributed by atoms with E-state index < -0.39 is 11.9 Å². The topological polar surface area (TPSA) is 43.9 Å². The van der Waals surface area contributed by atoms with Gasteiger partial charge in [-0.3, -0.25) is 0 Å². The molecule has 0 atom stereocenters. The van der Waals surface area contributed by atoms with Gasteiger partial charge in [0.05, 0.1) is 12.0 Å². The van der Waals surface area contributed by atoms with E-state index in [2.05, 4.69) is 10.1 Å². The maximum Gasteiger partial charge on any atom is 0.435 e. The molecule has 0 spiro atoms. The molecule has 0 aliphatic carbocycles. The van der Waals surface area contributed by atoms with Crippen LogP contribution in [-0.2, 0) is 6.18 Å². The quantitative estimate of drug-likeness (QED) is 0.469. The molecule has 0 bridgehead atoms. The molecule has 4 nitrogen and oxygen atoms in total. The maximum atomic E-state index is 13.1. The van der Waals surface area contributed by atoms with Crippen LogP contribution in [0.1, 0.15) is 11.3 Å². The van der Waals surface area contributed by atoms with Gasteiger partial charge in [-0.25, -0.2) is 9.67 Å². The Morgan fingerprint density at radius 2 is 1.88 bits per heavy atom. The summed E-state index contributed by atoms with van der Waals surface area (Å²) >= 11 is 1.22. The van der Waals surface area contributed by atoms with Crippen molar-refractivity contribution in [2.24, 2.45) is 0 Å². The predicted octanol–water partition coefficient (Wildman–Crippen LogP) is 5.58. The van der Waals surface area contributed by atoms with Gasteiger partial charge in [-0.05, 0) is 19.1 Å². The lowest BCUT2D eigenvalue weighted by atomic mass is 10.1. The molecule has 0 aliphatic rings. The van der Waals surface area contributed by atoms with Gasteiger partial charge in [0.25, 0.3) is 0 Å². The number of aryl methyl sites for hydroxylation is 1. The average molecular weight is 375 g/mol. The van der Waals surface area contributed by atoms with Crippen LogP contribution >= 0.6 is 11.3 Å². The van der Waals surface area contributed by atoms with Crippen LogP contribution < -0.4 is 0 Å².